The lowest BCUT2D eigenvalue weighted by Crippen LogP contribution is -2.58. The van der Waals surface area contributed by atoms with Gasteiger partial charge in [0.05, 0.1) is 12.5 Å². The highest BCUT2D eigenvalue weighted by molar-refractivity contribution is 5.95. The third-order valence-corrected chi connectivity index (χ3v) is 4.86. The van der Waals surface area contributed by atoms with Crippen LogP contribution in [-0.4, -0.2) is 82.5 Å². The first-order valence-electron chi connectivity index (χ1n) is 11.1. The molecule has 0 saturated heterocycles. The van der Waals surface area contributed by atoms with Crippen LogP contribution in [0.5, 0.6) is 0 Å². The van der Waals surface area contributed by atoms with Gasteiger partial charge in [0, 0.05) is 13.0 Å². The van der Waals surface area contributed by atoms with E-state index < -0.39 is 72.1 Å². The first-order chi connectivity index (χ1) is 16.6. The molecule has 0 saturated carbocycles. The van der Waals surface area contributed by atoms with E-state index in [2.05, 4.69) is 20.9 Å². The molecule has 0 radical (unpaired) electrons. The van der Waals surface area contributed by atoms with E-state index in [1.807, 2.05) is 0 Å². The molecule has 36 heavy (non-hydrogen) atoms. The van der Waals surface area contributed by atoms with Crippen LogP contribution in [0.1, 0.15) is 46.0 Å². The Balaban J connectivity index is 5.35. The van der Waals surface area contributed by atoms with Crippen LogP contribution < -0.4 is 38.9 Å². The molecule has 0 aliphatic rings. The number of nitrogens with two attached hydrogens (primary N) is 4. The molecule has 0 aromatic carbocycles. The summed E-state index contributed by atoms with van der Waals surface area (Å²) in [6, 6.07) is -5.39. The molecule has 13 N–H and O–H groups in total. The van der Waals surface area contributed by atoms with Gasteiger partial charge in [-0.15, -0.1) is 0 Å². The van der Waals surface area contributed by atoms with E-state index >= 15 is 0 Å². The van der Waals surface area contributed by atoms with E-state index in [1.165, 1.54) is 0 Å². The standard InChI is InChI=1S/C20H36N8O8/c1-9(2)15(18(34)26-11(19(35)36)5-6-13(22)29)28-17(33)12(8-14(30)31)27-16(32)10(21)4-3-7-25-20(23)24/h9-12,15H,3-8,21H2,1-2H3,(H2,22,29)(H,26,34)(H,27,32)(H,28,33)(H,30,31)(H,35,36)(H4,23,24,25). The fourth-order valence-electron chi connectivity index (χ4n) is 2.91. The van der Waals surface area contributed by atoms with Crippen molar-refractivity contribution in [3.63, 3.8) is 0 Å². The summed E-state index contributed by atoms with van der Waals surface area (Å²) < 4.78 is 0. The number of nitrogens with zero attached hydrogens (tertiary/aromatic N) is 1. The van der Waals surface area contributed by atoms with Crippen molar-refractivity contribution in [2.24, 2.45) is 33.8 Å². The number of carbonyl (C=O) groups is 6. The van der Waals surface area contributed by atoms with Gasteiger partial charge in [0.25, 0.3) is 0 Å². The fraction of sp³-hybridized carbons (Fsp3) is 0.650. The highest BCUT2D eigenvalue weighted by Gasteiger charge is 2.32. The quantitative estimate of drug-likeness (QED) is 0.0514. The molecule has 0 rings (SSSR count). The number of primary amides is 1. The molecule has 4 atom stereocenters. The van der Waals surface area contributed by atoms with Crippen LogP contribution in [-0.2, 0) is 28.8 Å². The van der Waals surface area contributed by atoms with Gasteiger partial charge >= 0.3 is 11.9 Å². The SMILES string of the molecule is CC(C)C(NC(=O)C(CC(=O)O)NC(=O)C(N)CCCN=C(N)N)C(=O)NC(CCC(N)=O)C(=O)O. The summed E-state index contributed by atoms with van der Waals surface area (Å²) >= 11 is 0. The molecule has 4 unspecified atom stereocenters. The molecule has 0 heterocycles. The Morgan fingerprint density at radius 2 is 1.42 bits per heavy atom. The van der Waals surface area contributed by atoms with Crippen molar-refractivity contribution in [2.45, 2.75) is 70.1 Å². The van der Waals surface area contributed by atoms with Crippen LogP contribution >= 0.6 is 0 Å². The Hall–Kier alpha value is -3.95. The van der Waals surface area contributed by atoms with Crippen LogP contribution in [0, 0.1) is 5.92 Å². The summed E-state index contributed by atoms with van der Waals surface area (Å²) in [4.78, 5) is 75.2. The van der Waals surface area contributed by atoms with Crippen LogP contribution in [0.4, 0.5) is 0 Å². The third-order valence-electron chi connectivity index (χ3n) is 4.86. The average Bonchev–Trinajstić information content (AvgIpc) is 2.75. The van der Waals surface area contributed by atoms with Gasteiger partial charge in [0.1, 0.15) is 18.1 Å². The number of carbonyl (C=O) groups excluding carboxylic acids is 4. The van der Waals surface area contributed by atoms with Gasteiger partial charge < -0.3 is 49.1 Å². The van der Waals surface area contributed by atoms with Gasteiger partial charge in [-0.1, -0.05) is 13.8 Å². The summed E-state index contributed by atoms with van der Waals surface area (Å²) in [5, 5.41) is 25.3. The monoisotopic (exact) mass is 516 g/mol. The highest BCUT2D eigenvalue weighted by atomic mass is 16.4. The molecule has 16 heteroatoms. The molecular formula is C20H36N8O8. The Morgan fingerprint density at radius 3 is 1.89 bits per heavy atom. The van der Waals surface area contributed by atoms with Crippen molar-refractivity contribution >= 4 is 41.5 Å². The van der Waals surface area contributed by atoms with E-state index in [9.17, 15) is 33.9 Å². The number of amides is 4. The van der Waals surface area contributed by atoms with Crippen molar-refractivity contribution in [2.75, 3.05) is 6.54 Å². The van der Waals surface area contributed by atoms with Crippen molar-refractivity contribution in [3.8, 4) is 0 Å². The van der Waals surface area contributed by atoms with E-state index in [4.69, 9.17) is 28.0 Å². The van der Waals surface area contributed by atoms with Gasteiger partial charge in [-0.3, -0.25) is 29.0 Å². The number of aliphatic imine (C=N–C) groups is 1. The van der Waals surface area contributed by atoms with Gasteiger partial charge in [0.2, 0.25) is 23.6 Å². The second-order valence-corrected chi connectivity index (χ2v) is 8.35. The summed E-state index contributed by atoms with van der Waals surface area (Å²) in [5.74, 6) is -6.93. The van der Waals surface area contributed by atoms with E-state index in [1.54, 1.807) is 13.8 Å². The number of aliphatic carboxylic acids is 2. The predicted octanol–water partition coefficient (Wildman–Crippen LogP) is -3.70. The number of guanidine groups is 1. The lowest BCUT2D eigenvalue weighted by molar-refractivity contribution is -0.143. The second kappa shape index (κ2) is 15.9. The van der Waals surface area contributed by atoms with Gasteiger partial charge in [-0.2, -0.15) is 0 Å². The molecule has 0 aromatic rings. The second-order valence-electron chi connectivity index (χ2n) is 8.35. The molecule has 0 aliphatic carbocycles. The Labute approximate surface area is 207 Å². The molecule has 0 bridgehead atoms. The summed E-state index contributed by atoms with van der Waals surface area (Å²) in [7, 11) is 0. The van der Waals surface area contributed by atoms with E-state index in [0.717, 1.165) is 0 Å². The summed E-state index contributed by atoms with van der Waals surface area (Å²) in [6.07, 6.45) is -0.884. The zero-order valence-electron chi connectivity index (χ0n) is 20.2. The molecule has 0 spiro atoms. The number of rotatable bonds is 17. The number of hydrogen-bond donors (Lipinski definition) is 9. The predicted molar refractivity (Wildman–Crippen MR) is 127 cm³/mol. The largest absolute Gasteiger partial charge is 0.481 e. The molecule has 16 nitrogen and oxygen atoms in total. The number of hydrogen-bond acceptors (Lipinski definition) is 8. The van der Waals surface area contributed by atoms with E-state index in [0.29, 0.717) is 6.42 Å². The number of nitrogens with one attached hydrogen (secondary N) is 3. The third kappa shape index (κ3) is 13.1. The van der Waals surface area contributed by atoms with Crippen LogP contribution in [0.25, 0.3) is 0 Å². The maximum absolute atomic E-state index is 12.8. The Morgan fingerprint density at radius 1 is 0.833 bits per heavy atom. The molecule has 204 valence electrons. The zero-order valence-corrected chi connectivity index (χ0v) is 20.2. The number of carboxylic acid groups (broad SMARTS) is 2. The average molecular weight is 517 g/mol. The minimum atomic E-state index is -1.57. The van der Waals surface area contributed by atoms with Crippen LogP contribution in [0.15, 0.2) is 4.99 Å². The molecule has 0 aliphatic heterocycles. The Bertz CT molecular complexity index is 844. The minimum absolute atomic E-state index is 0.127. The molecule has 0 aromatic heterocycles. The zero-order chi connectivity index (χ0) is 28.0. The first kappa shape index (κ1) is 32.0. The van der Waals surface area contributed by atoms with Gasteiger partial charge in [-0.05, 0) is 25.2 Å². The minimum Gasteiger partial charge on any atom is -0.481 e. The van der Waals surface area contributed by atoms with Crippen molar-refractivity contribution < 1.29 is 39.0 Å². The fourth-order valence-corrected chi connectivity index (χ4v) is 2.91. The van der Waals surface area contributed by atoms with Crippen LogP contribution in [0.3, 0.4) is 0 Å². The topological polar surface area (TPSA) is 295 Å². The van der Waals surface area contributed by atoms with Gasteiger partial charge in [0.15, 0.2) is 5.96 Å². The first-order valence-corrected chi connectivity index (χ1v) is 11.1. The highest BCUT2D eigenvalue weighted by Crippen LogP contribution is 2.07. The summed E-state index contributed by atoms with van der Waals surface area (Å²) in [6.45, 7) is 3.33. The lowest BCUT2D eigenvalue weighted by Gasteiger charge is -2.26. The van der Waals surface area contributed by atoms with Crippen LogP contribution in [0.2, 0.25) is 0 Å². The van der Waals surface area contributed by atoms with Crippen molar-refractivity contribution in [1.82, 2.24) is 16.0 Å². The summed E-state index contributed by atoms with van der Waals surface area (Å²) in [5.41, 5.74) is 21.2. The molecule has 0 fully saturated rings. The van der Waals surface area contributed by atoms with E-state index in [-0.39, 0.29) is 31.8 Å². The maximum Gasteiger partial charge on any atom is 0.326 e. The number of carboxylic acids is 2. The molecular weight excluding hydrogens is 480 g/mol. The van der Waals surface area contributed by atoms with Crippen molar-refractivity contribution in [3.05, 3.63) is 0 Å². The van der Waals surface area contributed by atoms with Gasteiger partial charge in [-0.25, -0.2) is 4.79 Å². The normalized spacial score (nSPS) is 14.0. The van der Waals surface area contributed by atoms with Crippen molar-refractivity contribution in [1.29, 1.82) is 0 Å². The Kier molecular flexibility index (Phi) is 14.1. The lowest BCUT2D eigenvalue weighted by atomic mass is 10.0. The maximum atomic E-state index is 12.8. The smallest absolute Gasteiger partial charge is 0.326 e. The molecule has 4 amide bonds.